The molecule has 0 aromatic carbocycles. The number of nitrogens with zero attached hydrogens (tertiary/aromatic N) is 5. The van der Waals surface area contributed by atoms with Crippen molar-refractivity contribution in [3.8, 4) is 11.3 Å². The number of carbonyl (C=O) groups excluding carboxylic acids is 1. The second-order valence-electron chi connectivity index (χ2n) is 3.92. The highest BCUT2D eigenvalue weighted by Gasteiger charge is 2.22. The Bertz CT molecular complexity index is 574. The summed E-state index contributed by atoms with van der Waals surface area (Å²) < 4.78 is 8.20. The minimum atomic E-state index is -0.496. The first kappa shape index (κ1) is 13.2. The van der Waals surface area contributed by atoms with E-state index in [1.807, 2.05) is 0 Å². The van der Waals surface area contributed by atoms with Crippen LogP contribution in [0.4, 0.5) is 0 Å². The third-order valence-corrected chi connectivity index (χ3v) is 2.52. The normalized spacial score (nSPS) is 10.7. The molecule has 102 valence electrons. The van der Waals surface area contributed by atoms with Crippen molar-refractivity contribution in [3.05, 3.63) is 18.1 Å². The summed E-state index contributed by atoms with van der Waals surface area (Å²) in [6, 6.07) is 0. The number of carbonyl (C=O) groups is 1. The zero-order chi connectivity index (χ0) is 13.8. The van der Waals surface area contributed by atoms with Crippen LogP contribution >= 0.6 is 0 Å². The lowest BCUT2D eigenvalue weighted by molar-refractivity contribution is 0.0520. The predicted molar refractivity (Wildman–Crippen MR) is 67.2 cm³/mol. The topological polar surface area (TPSA) is 101 Å². The third-order valence-electron chi connectivity index (χ3n) is 2.52. The van der Waals surface area contributed by atoms with Crippen molar-refractivity contribution in [2.75, 3.05) is 13.2 Å². The van der Waals surface area contributed by atoms with Crippen molar-refractivity contribution < 1.29 is 9.53 Å². The van der Waals surface area contributed by atoms with Gasteiger partial charge in [-0.15, -0.1) is 5.10 Å². The van der Waals surface area contributed by atoms with Crippen molar-refractivity contribution >= 4 is 5.97 Å². The van der Waals surface area contributed by atoms with Gasteiger partial charge in [-0.1, -0.05) is 5.21 Å². The molecule has 8 nitrogen and oxygen atoms in total. The largest absolute Gasteiger partial charge is 0.461 e. The summed E-state index contributed by atoms with van der Waals surface area (Å²) in [6.07, 6.45) is 3.43. The maximum atomic E-state index is 11.9. The van der Waals surface area contributed by atoms with E-state index in [4.69, 9.17) is 10.5 Å². The van der Waals surface area contributed by atoms with Crippen LogP contribution in [0.25, 0.3) is 11.3 Å². The average Bonchev–Trinajstić information content (AvgIpc) is 2.96. The van der Waals surface area contributed by atoms with E-state index in [2.05, 4.69) is 15.4 Å². The van der Waals surface area contributed by atoms with Crippen LogP contribution in [-0.4, -0.2) is 43.9 Å². The first-order valence-electron chi connectivity index (χ1n) is 5.97. The smallest absolute Gasteiger partial charge is 0.361 e. The minimum absolute atomic E-state index is 0.184. The number of aryl methyl sites for hydroxylation is 1. The molecule has 2 aromatic rings. The molecule has 0 aliphatic rings. The molecule has 0 saturated carbocycles. The van der Waals surface area contributed by atoms with Crippen LogP contribution in [-0.2, 0) is 18.3 Å². The Labute approximate surface area is 110 Å². The molecule has 2 heterocycles. The number of rotatable bonds is 5. The molecule has 0 aliphatic carbocycles. The summed E-state index contributed by atoms with van der Waals surface area (Å²) >= 11 is 0. The maximum Gasteiger partial charge on any atom is 0.361 e. The van der Waals surface area contributed by atoms with Gasteiger partial charge in [0, 0.05) is 25.4 Å². The van der Waals surface area contributed by atoms with Gasteiger partial charge in [-0.25, -0.2) is 9.48 Å². The van der Waals surface area contributed by atoms with E-state index in [9.17, 15) is 4.79 Å². The first-order chi connectivity index (χ1) is 9.17. The molecule has 0 unspecified atom stereocenters. The van der Waals surface area contributed by atoms with Gasteiger partial charge in [-0.05, 0) is 6.92 Å². The van der Waals surface area contributed by atoms with E-state index in [0.29, 0.717) is 18.8 Å². The second kappa shape index (κ2) is 5.61. The summed E-state index contributed by atoms with van der Waals surface area (Å²) in [7, 11) is 1.80. The Kier molecular flexibility index (Phi) is 3.91. The van der Waals surface area contributed by atoms with Gasteiger partial charge in [0.25, 0.3) is 0 Å². The maximum absolute atomic E-state index is 11.9. The molecule has 0 atom stereocenters. The van der Waals surface area contributed by atoms with E-state index in [1.165, 1.54) is 0 Å². The standard InChI is InChI=1S/C11H16N6O2/c1-3-19-11(18)9-10(8-6-13-16(2)7-8)17(5-4-12)15-14-9/h6-7H,3-5,12H2,1-2H3. The molecule has 2 N–H and O–H groups in total. The number of aromatic nitrogens is 5. The Morgan fingerprint density at radius 3 is 2.89 bits per heavy atom. The molecule has 19 heavy (non-hydrogen) atoms. The van der Waals surface area contributed by atoms with Crippen LogP contribution in [0.1, 0.15) is 17.4 Å². The number of esters is 1. The van der Waals surface area contributed by atoms with Gasteiger partial charge in [-0.3, -0.25) is 4.68 Å². The molecular formula is C11H16N6O2. The van der Waals surface area contributed by atoms with Crippen molar-refractivity contribution in [1.82, 2.24) is 24.8 Å². The third kappa shape index (κ3) is 2.63. The monoisotopic (exact) mass is 264 g/mol. The quantitative estimate of drug-likeness (QED) is 0.751. The average molecular weight is 264 g/mol. The molecular weight excluding hydrogens is 248 g/mol. The lowest BCUT2D eigenvalue weighted by Gasteiger charge is -2.04. The molecule has 0 radical (unpaired) electrons. The van der Waals surface area contributed by atoms with Crippen LogP contribution in [0.3, 0.4) is 0 Å². The van der Waals surface area contributed by atoms with Gasteiger partial charge in [0.15, 0.2) is 5.69 Å². The number of nitrogens with two attached hydrogens (primary N) is 1. The molecule has 2 aromatic heterocycles. The van der Waals surface area contributed by atoms with Gasteiger partial charge in [0.2, 0.25) is 0 Å². The molecule has 0 spiro atoms. The van der Waals surface area contributed by atoms with Crippen molar-refractivity contribution in [1.29, 1.82) is 0 Å². The van der Waals surface area contributed by atoms with Crippen LogP contribution in [0.15, 0.2) is 12.4 Å². The van der Waals surface area contributed by atoms with Gasteiger partial charge >= 0.3 is 5.97 Å². The highest BCUT2D eigenvalue weighted by atomic mass is 16.5. The first-order valence-corrected chi connectivity index (χ1v) is 5.97. The zero-order valence-corrected chi connectivity index (χ0v) is 10.9. The zero-order valence-electron chi connectivity index (χ0n) is 10.9. The van der Waals surface area contributed by atoms with Crippen molar-refractivity contribution in [3.63, 3.8) is 0 Å². The highest BCUT2D eigenvalue weighted by molar-refractivity contribution is 5.93. The lowest BCUT2D eigenvalue weighted by atomic mass is 10.2. The fraction of sp³-hybridized carbons (Fsp3) is 0.455. The molecule has 0 bridgehead atoms. The lowest BCUT2D eigenvalue weighted by Crippen LogP contribution is -2.13. The Balaban J connectivity index is 2.47. The molecule has 0 saturated heterocycles. The Morgan fingerprint density at radius 2 is 2.32 bits per heavy atom. The Morgan fingerprint density at radius 1 is 1.53 bits per heavy atom. The SMILES string of the molecule is CCOC(=O)c1nnn(CCN)c1-c1cnn(C)c1. The molecule has 2 rings (SSSR count). The fourth-order valence-electron chi connectivity index (χ4n) is 1.76. The summed E-state index contributed by atoms with van der Waals surface area (Å²) in [5, 5.41) is 11.9. The van der Waals surface area contributed by atoms with Gasteiger partial charge in [0.1, 0.15) is 5.69 Å². The number of ether oxygens (including phenoxy) is 1. The Hall–Kier alpha value is -2.22. The van der Waals surface area contributed by atoms with E-state index in [0.717, 1.165) is 5.56 Å². The second-order valence-corrected chi connectivity index (χ2v) is 3.92. The van der Waals surface area contributed by atoms with Crippen molar-refractivity contribution in [2.24, 2.45) is 12.8 Å². The predicted octanol–water partition coefficient (Wildman–Crippen LogP) is -0.186. The van der Waals surface area contributed by atoms with Crippen molar-refractivity contribution in [2.45, 2.75) is 13.5 Å². The number of hydrogen-bond donors (Lipinski definition) is 1. The number of hydrogen-bond acceptors (Lipinski definition) is 6. The van der Waals surface area contributed by atoms with E-state index >= 15 is 0 Å². The molecule has 8 heteroatoms. The van der Waals surface area contributed by atoms with E-state index < -0.39 is 5.97 Å². The highest BCUT2D eigenvalue weighted by Crippen LogP contribution is 2.22. The summed E-state index contributed by atoms with van der Waals surface area (Å²) in [4.78, 5) is 11.9. The van der Waals surface area contributed by atoms with Crippen LogP contribution in [0.2, 0.25) is 0 Å². The van der Waals surface area contributed by atoms with E-state index in [1.54, 1.807) is 35.7 Å². The molecule has 0 fully saturated rings. The van der Waals surface area contributed by atoms with Crippen LogP contribution in [0, 0.1) is 0 Å². The van der Waals surface area contributed by atoms with Gasteiger partial charge in [-0.2, -0.15) is 5.10 Å². The molecule has 0 aliphatic heterocycles. The van der Waals surface area contributed by atoms with Crippen LogP contribution in [0.5, 0.6) is 0 Å². The summed E-state index contributed by atoms with van der Waals surface area (Å²) in [5.74, 6) is -0.496. The van der Waals surface area contributed by atoms with Crippen LogP contribution < -0.4 is 5.73 Å². The van der Waals surface area contributed by atoms with Gasteiger partial charge in [0.05, 0.1) is 19.3 Å². The fourth-order valence-corrected chi connectivity index (χ4v) is 1.76. The van der Waals surface area contributed by atoms with Gasteiger partial charge < -0.3 is 10.5 Å². The molecule has 0 amide bonds. The summed E-state index contributed by atoms with van der Waals surface area (Å²) in [6.45, 7) is 2.90. The van der Waals surface area contributed by atoms with E-state index in [-0.39, 0.29) is 12.3 Å². The minimum Gasteiger partial charge on any atom is -0.461 e. The summed E-state index contributed by atoms with van der Waals surface area (Å²) in [5.41, 5.74) is 7.05.